The zero-order valence-electron chi connectivity index (χ0n) is 13.9. The van der Waals surface area contributed by atoms with Gasteiger partial charge in [-0.2, -0.15) is 0 Å². The fourth-order valence-electron chi connectivity index (χ4n) is 2.50. The van der Waals surface area contributed by atoms with Gasteiger partial charge in [0.1, 0.15) is 5.82 Å². The van der Waals surface area contributed by atoms with Crippen molar-refractivity contribution in [3.05, 3.63) is 64.0 Å². The normalized spacial score (nSPS) is 10.3. The molecule has 0 saturated heterocycles. The van der Waals surface area contributed by atoms with Gasteiger partial charge in [0.2, 0.25) is 5.91 Å². The molecule has 1 N–H and O–H groups in total. The third-order valence-electron chi connectivity index (χ3n) is 3.49. The average molecular weight is 311 g/mol. The van der Waals surface area contributed by atoms with Gasteiger partial charge in [0.05, 0.1) is 11.9 Å². The molecule has 23 heavy (non-hydrogen) atoms. The predicted octanol–water partition coefficient (Wildman–Crippen LogP) is 3.25. The highest BCUT2D eigenvalue weighted by atomic mass is 16.2. The molecule has 0 aliphatic heterocycles. The summed E-state index contributed by atoms with van der Waals surface area (Å²) in [6, 6.07) is 9.66. The van der Waals surface area contributed by atoms with Gasteiger partial charge >= 0.3 is 0 Å². The number of hydrogen-bond donors (Lipinski definition) is 1. The molecule has 2 heterocycles. The number of benzene rings is 1. The Morgan fingerprint density at radius 2 is 1.91 bits per heavy atom. The lowest BCUT2D eigenvalue weighted by Crippen LogP contribution is -2.22. The van der Waals surface area contributed by atoms with E-state index in [-0.39, 0.29) is 17.9 Å². The smallest absolute Gasteiger partial charge is 0.254 e. The first-order valence-corrected chi connectivity index (χ1v) is 7.71. The number of fused-ring (bicyclic) bond motifs is 1. The van der Waals surface area contributed by atoms with E-state index in [1.165, 1.54) is 6.20 Å². The molecule has 0 radical (unpaired) electrons. The summed E-state index contributed by atoms with van der Waals surface area (Å²) in [5, 5.41) is 1.01. The number of aryl methyl sites for hydroxylation is 2. The Morgan fingerprint density at radius 1 is 1.22 bits per heavy atom. The molecule has 1 aromatic carbocycles. The molecule has 2 aromatic heterocycles. The lowest BCUT2D eigenvalue weighted by atomic mass is 10.2. The quantitative estimate of drug-likeness (QED) is 0.790. The number of para-hydroxylation sites is 1. The van der Waals surface area contributed by atoms with Crippen molar-refractivity contribution in [3.63, 3.8) is 0 Å². The second-order valence-corrected chi connectivity index (χ2v) is 5.07. The molecule has 0 amide bonds. The van der Waals surface area contributed by atoms with E-state index in [4.69, 9.17) is 0 Å². The van der Waals surface area contributed by atoms with Gasteiger partial charge in [-0.3, -0.25) is 14.2 Å². The molecule has 0 aliphatic carbocycles. The Labute approximate surface area is 135 Å². The first-order chi connectivity index (χ1) is 11.1. The number of nitrogens with one attached hydrogen (secondary N) is 1. The topological polar surface area (TPSA) is 67.8 Å². The second-order valence-electron chi connectivity index (χ2n) is 5.07. The number of hydrogen-bond acceptors (Lipinski definition) is 3. The van der Waals surface area contributed by atoms with Gasteiger partial charge in [0.25, 0.3) is 5.56 Å². The summed E-state index contributed by atoms with van der Waals surface area (Å²) in [4.78, 5) is 31.0. The first kappa shape index (κ1) is 16.7. The van der Waals surface area contributed by atoms with Crippen LogP contribution < -0.4 is 5.56 Å². The van der Waals surface area contributed by atoms with E-state index in [9.17, 15) is 9.59 Å². The van der Waals surface area contributed by atoms with Gasteiger partial charge < -0.3 is 4.98 Å². The monoisotopic (exact) mass is 311 g/mol. The summed E-state index contributed by atoms with van der Waals surface area (Å²) in [5.74, 6) is 0.406. The Bertz CT molecular complexity index is 891. The molecule has 0 saturated carbocycles. The largest absolute Gasteiger partial charge is 0.311 e. The molecule has 0 spiro atoms. The van der Waals surface area contributed by atoms with Crippen LogP contribution in [-0.2, 0) is 6.42 Å². The molecule has 3 rings (SSSR count). The van der Waals surface area contributed by atoms with Crippen LogP contribution in [0.25, 0.3) is 10.9 Å². The molecule has 0 bridgehead atoms. The summed E-state index contributed by atoms with van der Waals surface area (Å²) < 4.78 is 1.65. The zero-order valence-corrected chi connectivity index (χ0v) is 13.9. The van der Waals surface area contributed by atoms with Crippen molar-refractivity contribution in [3.8, 4) is 0 Å². The molecule has 0 atom stereocenters. The highest BCUT2D eigenvalue weighted by molar-refractivity contribution is 5.94. The molecule has 5 heteroatoms. The number of carbonyl (C=O) groups is 1. The van der Waals surface area contributed by atoms with Crippen LogP contribution in [0.5, 0.6) is 0 Å². The van der Waals surface area contributed by atoms with Gasteiger partial charge in [-0.1, -0.05) is 32.0 Å². The van der Waals surface area contributed by atoms with Crippen molar-refractivity contribution in [2.24, 2.45) is 0 Å². The Hall–Kier alpha value is -2.69. The maximum Gasteiger partial charge on any atom is 0.254 e. The third kappa shape index (κ3) is 3.39. The summed E-state index contributed by atoms with van der Waals surface area (Å²) in [6.45, 7) is 7.59. The third-order valence-corrected chi connectivity index (χ3v) is 3.49. The van der Waals surface area contributed by atoms with E-state index >= 15 is 0 Å². The minimum absolute atomic E-state index is 0.0299. The molecule has 0 unspecified atom stereocenters. The summed E-state index contributed by atoms with van der Waals surface area (Å²) >= 11 is 0. The number of rotatable bonds is 2. The minimum atomic E-state index is -0.259. The van der Waals surface area contributed by atoms with Gasteiger partial charge in [0, 0.05) is 22.8 Å². The van der Waals surface area contributed by atoms with Crippen LogP contribution >= 0.6 is 0 Å². The highest BCUT2D eigenvalue weighted by Gasteiger charge is 2.14. The number of nitrogens with zero attached hydrogens (tertiary/aromatic N) is 2. The van der Waals surface area contributed by atoms with E-state index in [2.05, 4.69) is 9.97 Å². The summed E-state index contributed by atoms with van der Waals surface area (Å²) in [7, 11) is 0. The molecule has 5 nitrogen and oxygen atoms in total. The lowest BCUT2D eigenvalue weighted by molar-refractivity contribution is 0.0917. The molecule has 0 aliphatic rings. The first-order valence-electron chi connectivity index (χ1n) is 7.71. The fourth-order valence-corrected chi connectivity index (χ4v) is 2.50. The minimum Gasteiger partial charge on any atom is -0.311 e. The van der Waals surface area contributed by atoms with Crippen LogP contribution in [0.15, 0.2) is 41.3 Å². The Kier molecular flexibility index (Phi) is 5.11. The van der Waals surface area contributed by atoms with E-state index in [0.717, 1.165) is 16.6 Å². The van der Waals surface area contributed by atoms with Crippen molar-refractivity contribution in [1.29, 1.82) is 0 Å². The van der Waals surface area contributed by atoms with Gasteiger partial charge in [-0.15, -0.1) is 0 Å². The van der Waals surface area contributed by atoms with Crippen LogP contribution in [0.3, 0.4) is 0 Å². The number of aromatic nitrogens is 3. The van der Waals surface area contributed by atoms with Crippen LogP contribution in [0.2, 0.25) is 0 Å². The zero-order chi connectivity index (χ0) is 17.0. The van der Waals surface area contributed by atoms with E-state index < -0.39 is 0 Å². The van der Waals surface area contributed by atoms with Crippen molar-refractivity contribution in [2.75, 3.05) is 0 Å². The van der Waals surface area contributed by atoms with Crippen LogP contribution in [0, 0.1) is 13.8 Å². The van der Waals surface area contributed by atoms with Gasteiger partial charge in [-0.05, 0) is 26.0 Å². The van der Waals surface area contributed by atoms with Crippen molar-refractivity contribution in [1.82, 2.24) is 14.5 Å². The van der Waals surface area contributed by atoms with Crippen LogP contribution in [-0.4, -0.2) is 20.4 Å². The van der Waals surface area contributed by atoms with Crippen LogP contribution in [0.1, 0.15) is 35.7 Å². The molecular formula is C18H21N3O2. The average Bonchev–Trinajstić information content (AvgIpc) is 2.88. The van der Waals surface area contributed by atoms with Crippen molar-refractivity contribution < 1.29 is 4.79 Å². The highest BCUT2D eigenvalue weighted by Crippen LogP contribution is 2.19. The Balaban J connectivity index is 0.000000924. The maximum atomic E-state index is 12.5. The van der Waals surface area contributed by atoms with Crippen molar-refractivity contribution >= 4 is 16.8 Å². The standard InChI is InChI=1S/C16H15N3O2.C2H6/c1-10-7-12-5-3-4-6-14(12)19(10)15(20)8-13-9-17-11(2)18-16(13)21;1-2/h3-7,9H,8H2,1-2H3,(H,17,18,21);1-2H3. The van der Waals surface area contributed by atoms with Crippen molar-refractivity contribution in [2.45, 2.75) is 34.1 Å². The Morgan fingerprint density at radius 3 is 2.61 bits per heavy atom. The molecule has 0 fully saturated rings. The molecule has 3 aromatic rings. The molecule has 120 valence electrons. The predicted molar refractivity (Wildman–Crippen MR) is 91.9 cm³/mol. The van der Waals surface area contributed by atoms with Gasteiger partial charge in [-0.25, -0.2) is 4.98 Å². The number of aromatic amines is 1. The summed E-state index contributed by atoms with van der Waals surface area (Å²) in [6.07, 6.45) is 1.50. The second kappa shape index (κ2) is 7.05. The number of H-pyrrole nitrogens is 1. The molecular weight excluding hydrogens is 290 g/mol. The number of carbonyl (C=O) groups excluding carboxylic acids is 1. The van der Waals surface area contributed by atoms with Gasteiger partial charge in [0.15, 0.2) is 0 Å². The van der Waals surface area contributed by atoms with E-state index in [1.807, 2.05) is 51.1 Å². The lowest BCUT2D eigenvalue weighted by Gasteiger charge is -2.06. The maximum absolute atomic E-state index is 12.5. The fraction of sp³-hybridized carbons (Fsp3) is 0.278. The van der Waals surface area contributed by atoms with E-state index in [0.29, 0.717) is 11.4 Å². The van der Waals surface area contributed by atoms with E-state index in [1.54, 1.807) is 11.5 Å². The SMILES string of the molecule is CC.Cc1ncc(CC(=O)n2c(C)cc3ccccc32)c(=O)[nH]1. The summed E-state index contributed by atoms with van der Waals surface area (Å²) in [5.41, 5.74) is 1.84. The van der Waals surface area contributed by atoms with Crippen LogP contribution in [0.4, 0.5) is 0 Å².